The third kappa shape index (κ3) is 5.62. The Labute approximate surface area is 112 Å². The zero-order chi connectivity index (χ0) is 12.9. The molecule has 2 nitrogen and oxygen atoms in total. The van der Waals surface area contributed by atoms with Gasteiger partial charge in [0.25, 0.3) is 0 Å². The first-order valence-electron chi connectivity index (χ1n) is 7.06. The summed E-state index contributed by atoms with van der Waals surface area (Å²) < 4.78 is 0.433. The Morgan fingerprint density at radius 3 is 2.59 bits per heavy atom. The lowest BCUT2D eigenvalue weighted by Gasteiger charge is -2.42. The molecule has 0 saturated carbocycles. The average molecular weight is 258 g/mol. The van der Waals surface area contributed by atoms with Crippen LogP contribution in [0.2, 0.25) is 0 Å². The number of nitrogens with one attached hydrogen (secondary N) is 1. The molecule has 0 bridgehead atoms. The Kier molecular flexibility index (Phi) is 6.32. The SMILES string of the molecule is CCCC(CNC(C)C)N1CCSC(C)(C)C1. The van der Waals surface area contributed by atoms with Gasteiger partial charge in [-0.15, -0.1) is 0 Å². The predicted molar refractivity (Wildman–Crippen MR) is 79.9 cm³/mol. The summed E-state index contributed by atoms with van der Waals surface area (Å²) in [5.41, 5.74) is 0. The van der Waals surface area contributed by atoms with Gasteiger partial charge in [0.05, 0.1) is 0 Å². The number of hydrogen-bond acceptors (Lipinski definition) is 3. The van der Waals surface area contributed by atoms with Crippen molar-refractivity contribution in [3.05, 3.63) is 0 Å². The second kappa shape index (κ2) is 7.01. The van der Waals surface area contributed by atoms with E-state index in [9.17, 15) is 0 Å². The molecule has 0 radical (unpaired) electrons. The largest absolute Gasteiger partial charge is 0.313 e. The van der Waals surface area contributed by atoms with Gasteiger partial charge in [-0.25, -0.2) is 0 Å². The molecule has 17 heavy (non-hydrogen) atoms. The Bertz CT molecular complexity index is 216. The summed E-state index contributed by atoms with van der Waals surface area (Å²) >= 11 is 2.12. The van der Waals surface area contributed by atoms with Crippen molar-refractivity contribution < 1.29 is 0 Å². The van der Waals surface area contributed by atoms with Gasteiger partial charge >= 0.3 is 0 Å². The van der Waals surface area contributed by atoms with E-state index in [1.807, 2.05) is 0 Å². The fourth-order valence-corrected chi connectivity index (χ4v) is 3.62. The second-order valence-corrected chi connectivity index (χ2v) is 7.89. The molecule has 0 aromatic carbocycles. The molecular formula is C14H30N2S. The molecule has 1 atom stereocenters. The standard InChI is InChI=1S/C14H30N2S/c1-6-7-13(10-15-12(2)3)16-8-9-17-14(4,5)11-16/h12-13,15H,6-11H2,1-5H3. The van der Waals surface area contributed by atoms with Crippen molar-refractivity contribution in [2.75, 3.05) is 25.4 Å². The van der Waals surface area contributed by atoms with Gasteiger partial charge in [-0.2, -0.15) is 11.8 Å². The molecule has 0 aliphatic carbocycles. The lowest BCUT2D eigenvalue weighted by molar-refractivity contribution is 0.171. The number of thioether (sulfide) groups is 1. The van der Waals surface area contributed by atoms with Gasteiger partial charge in [0, 0.05) is 42.2 Å². The third-order valence-electron chi connectivity index (χ3n) is 3.36. The minimum atomic E-state index is 0.433. The third-order valence-corrected chi connectivity index (χ3v) is 4.65. The summed E-state index contributed by atoms with van der Waals surface area (Å²) in [7, 11) is 0. The van der Waals surface area contributed by atoms with E-state index in [2.05, 4.69) is 56.6 Å². The quantitative estimate of drug-likeness (QED) is 0.788. The van der Waals surface area contributed by atoms with Gasteiger partial charge in [0.2, 0.25) is 0 Å². The average Bonchev–Trinajstić information content (AvgIpc) is 2.22. The van der Waals surface area contributed by atoms with Gasteiger partial charge in [0.15, 0.2) is 0 Å². The van der Waals surface area contributed by atoms with E-state index < -0.39 is 0 Å². The smallest absolute Gasteiger partial charge is 0.0231 e. The number of hydrogen-bond donors (Lipinski definition) is 1. The van der Waals surface area contributed by atoms with Crippen LogP contribution in [0.25, 0.3) is 0 Å². The van der Waals surface area contributed by atoms with Gasteiger partial charge in [-0.05, 0) is 20.3 Å². The zero-order valence-electron chi connectivity index (χ0n) is 12.3. The topological polar surface area (TPSA) is 15.3 Å². The van der Waals surface area contributed by atoms with Crippen molar-refractivity contribution >= 4 is 11.8 Å². The molecule has 0 aromatic heterocycles. The van der Waals surface area contributed by atoms with E-state index in [1.165, 1.54) is 31.7 Å². The van der Waals surface area contributed by atoms with Crippen LogP contribution in [0.15, 0.2) is 0 Å². The number of rotatable bonds is 6. The molecule has 3 heteroatoms. The van der Waals surface area contributed by atoms with Crippen molar-refractivity contribution in [1.29, 1.82) is 0 Å². The molecule has 1 heterocycles. The summed E-state index contributed by atoms with van der Waals surface area (Å²) in [6.07, 6.45) is 2.61. The van der Waals surface area contributed by atoms with Crippen LogP contribution < -0.4 is 5.32 Å². The molecule has 1 aliphatic rings. The number of nitrogens with zero attached hydrogens (tertiary/aromatic N) is 1. The molecule has 102 valence electrons. The summed E-state index contributed by atoms with van der Waals surface area (Å²) in [4.78, 5) is 2.70. The minimum Gasteiger partial charge on any atom is -0.313 e. The van der Waals surface area contributed by atoms with Crippen LogP contribution in [0.1, 0.15) is 47.5 Å². The van der Waals surface area contributed by atoms with Gasteiger partial charge in [0.1, 0.15) is 0 Å². The highest BCUT2D eigenvalue weighted by molar-refractivity contribution is 8.00. The van der Waals surface area contributed by atoms with Crippen LogP contribution in [-0.4, -0.2) is 47.1 Å². The van der Waals surface area contributed by atoms with Crippen molar-refractivity contribution in [2.45, 2.75) is 64.3 Å². The van der Waals surface area contributed by atoms with E-state index in [0.717, 1.165) is 12.6 Å². The molecule has 0 spiro atoms. The van der Waals surface area contributed by atoms with Crippen molar-refractivity contribution in [3.63, 3.8) is 0 Å². The molecule has 1 aliphatic heterocycles. The van der Waals surface area contributed by atoms with E-state index in [0.29, 0.717) is 10.8 Å². The Hall–Kier alpha value is 0.270. The summed E-state index contributed by atoms with van der Waals surface area (Å²) in [6.45, 7) is 15.2. The van der Waals surface area contributed by atoms with E-state index in [-0.39, 0.29) is 0 Å². The van der Waals surface area contributed by atoms with Crippen LogP contribution in [0.4, 0.5) is 0 Å². The minimum absolute atomic E-state index is 0.433. The summed E-state index contributed by atoms with van der Waals surface area (Å²) in [5, 5.41) is 3.61. The lowest BCUT2D eigenvalue weighted by atomic mass is 10.1. The molecule has 0 amide bonds. The maximum absolute atomic E-state index is 3.61. The van der Waals surface area contributed by atoms with Crippen LogP contribution in [0, 0.1) is 0 Å². The Morgan fingerprint density at radius 1 is 1.35 bits per heavy atom. The Balaban J connectivity index is 2.50. The van der Waals surface area contributed by atoms with Gasteiger partial charge in [-0.3, -0.25) is 4.90 Å². The monoisotopic (exact) mass is 258 g/mol. The highest BCUT2D eigenvalue weighted by atomic mass is 32.2. The lowest BCUT2D eigenvalue weighted by Crippen LogP contribution is -2.51. The summed E-state index contributed by atoms with van der Waals surface area (Å²) in [5.74, 6) is 1.29. The zero-order valence-corrected chi connectivity index (χ0v) is 13.1. The maximum Gasteiger partial charge on any atom is 0.0231 e. The van der Waals surface area contributed by atoms with E-state index >= 15 is 0 Å². The fraction of sp³-hybridized carbons (Fsp3) is 1.00. The molecule has 1 fully saturated rings. The first-order chi connectivity index (χ1) is 7.94. The molecule has 1 rings (SSSR count). The van der Waals surface area contributed by atoms with Crippen LogP contribution >= 0.6 is 11.8 Å². The predicted octanol–water partition coefficient (Wildman–Crippen LogP) is 2.98. The highest BCUT2D eigenvalue weighted by Gasteiger charge is 2.30. The molecule has 1 N–H and O–H groups in total. The van der Waals surface area contributed by atoms with Gasteiger partial charge < -0.3 is 5.32 Å². The van der Waals surface area contributed by atoms with E-state index in [1.54, 1.807) is 0 Å². The maximum atomic E-state index is 3.61. The van der Waals surface area contributed by atoms with Gasteiger partial charge in [-0.1, -0.05) is 27.2 Å². The molecular weight excluding hydrogens is 228 g/mol. The van der Waals surface area contributed by atoms with Crippen molar-refractivity contribution in [1.82, 2.24) is 10.2 Å². The first-order valence-corrected chi connectivity index (χ1v) is 8.04. The summed E-state index contributed by atoms with van der Waals surface area (Å²) in [6, 6.07) is 1.32. The Morgan fingerprint density at radius 2 is 2.06 bits per heavy atom. The molecule has 1 unspecified atom stereocenters. The fourth-order valence-electron chi connectivity index (χ4n) is 2.48. The highest BCUT2D eigenvalue weighted by Crippen LogP contribution is 2.30. The normalized spacial score (nSPS) is 22.9. The van der Waals surface area contributed by atoms with E-state index in [4.69, 9.17) is 0 Å². The van der Waals surface area contributed by atoms with Crippen LogP contribution in [-0.2, 0) is 0 Å². The van der Waals surface area contributed by atoms with Crippen molar-refractivity contribution in [2.24, 2.45) is 0 Å². The second-order valence-electron chi connectivity index (χ2n) is 6.08. The first kappa shape index (κ1) is 15.3. The van der Waals surface area contributed by atoms with Crippen molar-refractivity contribution in [3.8, 4) is 0 Å². The molecule has 0 aromatic rings. The van der Waals surface area contributed by atoms with Crippen LogP contribution in [0.3, 0.4) is 0 Å². The molecule has 1 saturated heterocycles. The van der Waals surface area contributed by atoms with Crippen LogP contribution in [0.5, 0.6) is 0 Å².